The van der Waals surface area contributed by atoms with Gasteiger partial charge in [0.25, 0.3) is 0 Å². The number of rotatable bonds is 16. The Balaban J connectivity index is 1.75. The van der Waals surface area contributed by atoms with Crippen LogP contribution in [-0.4, -0.2) is 86.6 Å². The van der Waals surface area contributed by atoms with Crippen LogP contribution in [0, 0.1) is 17.3 Å². The summed E-state index contributed by atoms with van der Waals surface area (Å²) in [7, 11) is 0. The Hall–Kier alpha value is -2.97. The lowest BCUT2D eigenvalue weighted by molar-refractivity contribution is -0.157. The van der Waals surface area contributed by atoms with Crippen LogP contribution in [0.4, 0.5) is 0 Å². The van der Waals surface area contributed by atoms with Gasteiger partial charge >= 0.3 is 0 Å². The molecule has 1 aromatic carbocycles. The van der Waals surface area contributed by atoms with Crippen LogP contribution < -0.4 is 0 Å². The molecule has 254 valence electrons. The lowest BCUT2D eigenvalue weighted by atomic mass is 9.66. The third-order valence-corrected chi connectivity index (χ3v) is 10.2. The van der Waals surface area contributed by atoms with Gasteiger partial charge in [0.1, 0.15) is 11.6 Å². The number of nitrogens with zero attached hydrogens (tertiary/aromatic N) is 3. The maximum Gasteiger partial charge on any atom is 0.249 e. The Morgan fingerprint density at radius 1 is 1.00 bits per heavy atom. The van der Waals surface area contributed by atoms with Gasteiger partial charge in [-0.1, -0.05) is 76.1 Å². The Bertz CT molecular complexity index is 1270. The van der Waals surface area contributed by atoms with Crippen molar-refractivity contribution in [1.82, 2.24) is 14.7 Å². The summed E-state index contributed by atoms with van der Waals surface area (Å²) in [5, 5.41) is 9.28. The Morgan fingerprint density at radius 2 is 1.65 bits per heavy atom. The zero-order chi connectivity index (χ0) is 33.9. The van der Waals surface area contributed by atoms with E-state index in [4.69, 9.17) is 4.74 Å². The quantitative estimate of drug-likeness (QED) is 0.185. The van der Waals surface area contributed by atoms with Crippen molar-refractivity contribution in [1.29, 1.82) is 0 Å². The number of ether oxygens (including phenoxy) is 1. The SMILES string of the molecule is C=CCN(Cc1ccccc1)C(=O)[C@H]1[C@H]2C(=O)N(CCCCCCO)C(C(=O)N(CC=C)C(C)(C)CC(C)(C)C)C23CC[C@]1(C)O3. The summed E-state index contributed by atoms with van der Waals surface area (Å²) in [6, 6.07) is 9.01. The molecule has 46 heavy (non-hydrogen) atoms. The number of likely N-dealkylation sites (tertiary alicyclic amines) is 1. The largest absolute Gasteiger partial charge is 0.396 e. The van der Waals surface area contributed by atoms with Crippen LogP contribution in [-0.2, 0) is 25.7 Å². The highest BCUT2D eigenvalue weighted by Gasteiger charge is 2.78. The number of carbonyl (C=O) groups is 3. The number of aliphatic hydroxyl groups is 1. The molecule has 1 N–H and O–H groups in total. The fourth-order valence-corrected chi connectivity index (χ4v) is 8.76. The molecule has 8 nitrogen and oxygen atoms in total. The number of hydrogen-bond donors (Lipinski definition) is 1. The van der Waals surface area contributed by atoms with E-state index in [1.165, 1.54) is 0 Å². The van der Waals surface area contributed by atoms with Gasteiger partial charge in [0, 0.05) is 38.3 Å². The molecule has 3 amide bonds. The van der Waals surface area contributed by atoms with Crippen molar-refractivity contribution in [2.45, 2.75) is 116 Å². The lowest BCUT2D eigenvalue weighted by Crippen LogP contribution is -2.61. The summed E-state index contributed by atoms with van der Waals surface area (Å²) in [6.45, 7) is 22.1. The van der Waals surface area contributed by atoms with E-state index >= 15 is 4.79 Å². The van der Waals surface area contributed by atoms with Crippen molar-refractivity contribution in [3.63, 3.8) is 0 Å². The molecule has 4 rings (SSSR count). The summed E-state index contributed by atoms with van der Waals surface area (Å²) in [6.07, 6.45) is 8.47. The van der Waals surface area contributed by atoms with Gasteiger partial charge in [-0.05, 0) is 63.9 Å². The van der Waals surface area contributed by atoms with E-state index < -0.39 is 34.6 Å². The predicted octanol–water partition coefficient (Wildman–Crippen LogP) is 5.75. The van der Waals surface area contributed by atoms with Gasteiger partial charge in [0.15, 0.2) is 0 Å². The minimum Gasteiger partial charge on any atom is -0.396 e. The van der Waals surface area contributed by atoms with Crippen LogP contribution in [0.2, 0.25) is 0 Å². The van der Waals surface area contributed by atoms with Crippen molar-refractivity contribution in [2.24, 2.45) is 17.3 Å². The molecule has 1 aromatic rings. The fraction of sp³-hybridized carbons (Fsp3) is 0.658. The number of fused-ring (bicyclic) bond motifs is 1. The molecule has 0 aromatic heterocycles. The number of amides is 3. The molecule has 8 heteroatoms. The van der Waals surface area contributed by atoms with Crippen LogP contribution in [0.1, 0.15) is 92.1 Å². The Kier molecular flexibility index (Phi) is 10.9. The van der Waals surface area contributed by atoms with E-state index in [1.54, 1.807) is 22.0 Å². The van der Waals surface area contributed by atoms with Crippen molar-refractivity contribution in [2.75, 3.05) is 26.2 Å². The third kappa shape index (κ3) is 6.98. The monoisotopic (exact) mass is 635 g/mol. The summed E-state index contributed by atoms with van der Waals surface area (Å²) < 4.78 is 6.96. The number of hydrogen-bond acceptors (Lipinski definition) is 5. The van der Waals surface area contributed by atoms with Gasteiger partial charge in [-0.15, -0.1) is 13.2 Å². The van der Waals surface area contributed by atoms with Gasteiger partial charge in [-0.2, -0.15) is 0 Å². The highest BCUT2D eigenvalue weighted by Crippen LogP contribution is 2.63. The number of unbranched alkanes of at least 4 members (excludes halogenated alkanes) is 3. The van der Waals surface area contributed by atoms with Gasteiger partial charge in [0.05, 0.1) is 17.4 Å². The first-order chi connectivity index (χ1) is 21.7. The zero-order valence-corrected chi connectivity index (χ0v) is 29.1. The lowest BCUT2D eigenvalue weighted by Gasteiger charge is -2.45. The second-order valence-electron chi connectivity index (χ2n) is 15.7. The molecule has 0 aliphatic carbocycles. The molecule has 2 bridgehead atoms. The van der Waals surface area contributed by atoms with E-state index in [2.05, 4.69) is 47.8 Å². The van der Waals surface area contributed by atoms with Crippen molar-refractivity contribution >= 4 is 17.7 Å². The highest BCUT2D eigenvalue weighted by molar-refractivity contribution is 5.99. The molecular formula is C38H57N3O5. The van der Waals surface area contributed by atoms with E-state index in [-0.39, 0.29) is 29.7 Å². The van der Waals surface area contributed by atoms with Crippen molar-refractivity contribution in [3.8, 4) is 0 Å². The normalized spacial score (nSPS) is 27.1. The topological polar surface area (TPSA) is 90.4 Å². The molecule has 3 aliphatic rings. The molecule has 0 radical (unpaired) electrons. The average molecular weight is 636 g/mol. The predicted molar refractivity (Wildman–Crippen MR) is 182 cm³/mol. The van der Waals surface area contributed by atoms with E-state index in [0.717, 1.165) is 24.8 Å². The van der Waals surface area contributed by atoms with Crippen LogP contribution in [0.15, 0.2) is 55.6 Å². The number of benzene rings is 1. The zero-order valence-electron chi connectivity index (χ0n) is 29.1. The first-order valence-electron chi connectivity index (χ1n) is 17.1. The van der Waals surface area contributed by atoms with Crippen molar-refractivity contribution in [3.05, 3.63) is 61.2 Å². The first-order valence-corrected chi connectivity index (χ1v) is 17.1. The molecule has 3 heterocycles. The van der Waals surface area contributed by atoms with Gasteiger partial charge in [-0.25, -0.2) is 0 Å². The number of aliphatic hydroxyl groups excluding tert-OH is 1. The van der Waals surface area contributed by atoms with Crippen LogP contribution in [0.3, 0.4) is 0 Å². The van der Waals surface area contributed by atoms with Crippen LogP contribution in [0.5, 0.6) is 0 Å². The standard InChI is InChI=1S/C38H57N3O5/c1-9-22-39(26-28-18-14-13-15-19-28)32(43)29-30-33(44)40(24-16-11-12-17-25-42)31(38(30)21-20-37(29,8)46-38)34(45)41(23-10-2)36(6,7)27-35(3,4)5/h9-10,13-15,18-19,29-31,42H,1-2,11-12,16-17,20-27H2,3-8H3/t29-,30+,31?,37+,38?/m1/s1. The number of carbonyl (C=O) groups excluding carboxylic acids is 3. The van der Waals surface area contributed by atoms with E-state index in [0.29, 0.717) is 51.9 Å². The van der Waals surface area contributed by atoms with Gasteiger partial charge < -0.3 is 24.5 Å². The summed E-state index contributed by atoms with van der Waals surface area (Å²) in [4.78, 5) is 49.7. The van der Waals surface area contributed by atoms with Gasteiger partial charge in [0.2, 0.25) is 17.7 Å². The fourth-order valence-electron chi connectivity index (χ4n) is 8.76. The second kappa shape index (κ2) is 14.0. The maximum absolute atomic E-state index is 15.0. The van der Waals surface area contributed by atoms with Crippen molar-refractivity contribution < 1.29 is 24.2 Å². The molecule has 5 atom stereocenters. The summed E-state index contributed by atoms with van der Waals surface area (Å²) >= 11 is 0. The molecular weight excluding hydrogens is 578 g/mol. The minimum atomic E-state index is -1.09. The molecule has 0 saturated carbocycles. The smallest absolute Gasteiger partial charge is 0.249 e. The van der Waals surface area contributed by atoms with E-state index in [1.807, 2.05) is 42.2 Å². The van der Waals surface area contributed by atoms with E-state index in [9.17, 15) is 14.7 Å². The summed E-state index contributed by atoms with van der Waals surface area (Å²) in [5.41, 5.74) is -1.50. The maximum atomic E-state index is 15.0. The average Bonchev–Trinajstić information content (AvgIpc) is 3.54. The Labute approximate surface area is 276 Å². The molecule has 3 fully saturated rings. The first kappa shape index (κ1) is 35.9. The molecule has 3 saturated heterocycles. The second-order valence-corrected chi connectivity index (χ2v) is 15.7. The van der Waals surface area contributed by atoms with Gasteiger partial charge in [-0.3, -0.25) is 14.4 Å². The van der Waals surface area contributed by atoms with Crippen LogP contribution >= 0.6 is 0 Å². The summed E-state index contributed by atoms with van der Waals surface area (Å²) in [5.74, 6) is -1.87. The third-order valence-electron chi connectivity index (χ3n) is 10.2. The highest BCUT2D eigenvalue weighted by atomic mass is 16.5. The molecule has 3 aliphatic heterocycles. The Morgan fingerprint density at radius 3 is 2.26 bits per heavy atom. The molecule has 2 unspecified atom stereocenters. The minimum absolute atomic E-state index is 0.0391. The molecule has 1 spiro atoms. The van der Waals surface area contributed by atoms with Crippen LogP contribution in [0.25, 0.3) is 0 Å².